The van der Waals surface area contributed by atoms with Crippen LogP contribution >= 0.6 is 0 Å². The molecule has 0 unspecified atom stereocenters. The molecule has 2 heterocycles. The van der Waals surface area contributed by atoms with Gasteiger partial charge in [-0.25, -0.2) is 9.78 Å². The van der Waals surface area contributed by atoms with Gasteiger partial charge < -0.3 is 15.5 Å². The molecule has 0 fully saturated rings. The molecule has 2 rings (SSSR count). The number of nitrogen functional groups attached to an aromatic ring is 1. The summed E-state index contributed by atoms with van der Waals surface area (Å²) in [5.74, 6) is 1.26. The molecule has 114 valence electrons. The molecule has 2 aromatic heterocycles. The Bertz CT molecular complexity index is 756. The third-order valence-corrected chi connectivity index (χ3v) is 3.12. The molecule has 0 bridgehead atoms. The predicted molar refractivity (Wildman–Crippen MR) is 79.2 cm³/mol. The van der Waals surface area contributed by atoms with Gasteiger partial charge in [0.15, 0.2) is 0 Å². The topological polar surface area (TPSA) is 108 Å². The normalized spacial score (nSPS) is 10.8. The summed E-state index contributed by atoms with van der Waals surface area (Å²) >= 11 is 0. The minimum Gasteiger partial charge on any atom is -0.444 e. The third kappa shape index (κ3) is 2.83. The van der Waals surface area contributed by atoms with E-state index in [9.17, 15) is 9.59 Å². The highest BCUT2D eigenvalue weighted by Gasteiger charge is 2.15. The van der Waals surface area contributed by atoms with E-state index in [1.165, 1.54) is 11.6 Å². The van der Waals surface area contributed by atoms with Crippen LogP contribution < -0.4 is 22.3 Å². The van der Waals surface area contributed by atoms with Gasteiger partial charge in [0.25, 0.3) is 5.56 Å². The first-order valence-electron chi connectivity index (χ1n) is 6.70. The summed E-state index contributed by atoms with van der Waals surface area (Å²) in [5, 5.41) is 2.90. The minimum atomic E-state index is -0.465. The van der Waals surface area contributed by atoms with E-state index in [-0.39, 0.29) is 18.1 Å². The van der Waals surface area contributed by atoms with Crippen molar-refractivity contribution in [1.29, 1.82) is 0 Å². The maximum atomic E-state index is 12.1. The van der Waals surface area contributed by atoms with Gasteiger partial charge in [-0.3, -0.25) is 13.9 Å². The van der Waals surface area contributed by atoms with Crippen molar-refractivity contribution in [3.63, 3.8) is 0 Å². The Morgan fingerprint density at radius 3 is 2.71 bits per heavy atom. The van der Waals surface area contributed by atoms with Gasteiger partial charge in [-0.05, 0) is 13.3 Å². The molecule has 8 nitrogen and oxygen atoms in total. The molecule has 0 aliphatic heterocycles. The molecule has 0 atom stereocenters. The number of oxazole rings is 1. The molecule has 0 aliphatic rings. The van der Waals surface area contributed by atoms with Crippen LogP contribution in [0.5, 0.6) is 0 Å². The first-order chi connectivity index (χ1) is 9.95. The Morgan fingerprint density at radius 2 is 2.14 bits per heavy atom. The second kappa shape index (κ2) is 5.86. The summed E-state index contributed by atoms with van der Waals surface area (Å²) in [5.41, 5.74) is 5.24. The molecular formula is C13H19N5O3. The Labute approximate surface area is 121 Å². The zero-order valence-corrected chi connectivity index (χ0v) is 12.3. The van der Waals surface area contributed by atoms with Crippen LogP contribution in [0.3, 0.4) is 0 Å². The van der Waals surface area contributed by atoms with Gasteiger partial charge in [0.2, 0.25) is 5.89 Å². The van der Waals surface area contributed by atoms with E-state index in [0.29, 0.717) is 18.2 Å². The van der Waals surface area contributed by atoms with Gasteiger partial charge in [0, 0.05) is 13.6 Å². The van der Waals surface area contributed by atoms with Crippen LogP contribution in [-0.4, -0.2) is 14.1 Å². The largest absolute Gasteiger partial charge is 0.444 e. The standard InChI is InChI=1S/C13H19N5O3/c1-4-5-18-11(14)10(12(19)17(3)13(18)20)16-7-9-15-6-8(2)21-9/h6,16H,4-5,7,14H2,1-3H3. The lowest BCUT2D eigenvalue weighted by atomic mass is 10.4. The van der Waals surface area contributed by atoms with Crippen molar-refractivity contribution in [3.05, 3.63) is 38.7 Å². The maximum Gasteiger partial charge on any atom is 0.332 e. The van der Waals surface area contributed by atoms with Crippen molar-refractivity contribution in [2.24, 2.45) is 7.05 Å². The van der Waals surface area contributed by atoms with Crippen molar-refractivity contribution in [3.8, 4) is 0 Å². The second-order valence-electron chi connectivity index (χ2n) is 4.78. The van der Waals surface area contributed by atoms with E-state index < -0.39 is 11.2 Å². The average molecular weight is 293 g/mol. The van der Waals surface area contributed by atoms with Gasteiger partial charge >= 0.3 is 5.69 Å². The van der Waals surface area contributed by atoms with Crippen molar-refractivity contribution < 1.29 is 4.42 Å². The van der Waals surface area contributed by atoms with Gasteiger partial charge in [-0.15, -0.1) is 0 Å². The number of aryl methyl sites for hydroxylation is 1. The highest BCUT2D eigenvalue weighted by molar-refractivity contribution is 5.60. The van der Waals surface area contributed by atoms with Crippen molar-refractivity contribution in [1.82, 2.24) is 14.1 Å². The van der Waals surface area contributed by atoms with E-state index in [2.05, 4.69) is 10.3 Å². The number of nitrogens with two attached hydrogens (primary N) is 1. The van der Waals surface area contributed by atoms with E-state index in [0.717, 1.165) is 11.0 Å². The molecule has 0 amide bonds. The lowest BCUT2D eigenvalue weighted by Gasteiger charge is -2.14. The quantitative estimate of drug-likeness (QED) is 0.828. The van der Waals surface area contributed by atoms with Crippen molar-refractivity contribution >= 4 is 11.5 Å². The summed E-state index contributed by atoms with van der Waals surface area (Å²) in [6, 6.07) is 0. The maximum absolute atomic E-state index is 12.1. The number of nitrogens with zero attached hydrogens (tertiary/aromatic N) is 3. The zero-order valence-electron chi connectivity index (χ0n) is 12.3. The fraction of sp³-hybridized carbons (Fsp3) is 0.462. The summed E-state index contributed by atoms with van der Waals surface area (Å²) < 4.78 is 7.74. The fourth-order valence-electron chi connectivity index (χ4n) is 2.04. The molecule has 0 radical (unpaired) electrons. The monoisotopic (exact) mass is 293 g/mol. The number of hydrogen-bond donors (Lipinski definition) is 2. The first kappa shape index (κ1) is 14.9. The lowest BCUT2D eigenvalue weighted by Crippen LogP contribution is -2.40. The summed E-state index contributed by atoms with van der Waals surface area (Å²) in [6.45, 7) is 4.38. The molecule has 0 spiro atoms. The average Bonchev–Trinajstić information content (AvgIpc) is 2.87. The van der Waals surface area contributed by atoms with Crippen LogP contribution in [0.4, 0.5) is 11.5 Å². The molecular weight excluding hydrogens is 274 g/mol. The molecule has 3 N–H and O–H groups in total. The Hall–Kier alpha value is -2.51. The first-order valence-corrected chi connectivity index (χ1v) is 6.70. The number of hydrogen-bond acceptors (Lipinski definition) is 6. The zero-order chi connectivity index (χ0) is 15.6. The predicted octanol–water partition coefficient (Wildman–Crippen LogP) is 0.448. The summed E-state index contributed by atoms with van der Waals surface area (Å²) in [4.78, 5) is 28.2. The SMILES string of the molecule is CCCn1c(N)c(NCc2ncc(C)o2)c(=O)n(C)c1=O. The number of anilines is 2. The summed E-state index contributed by atoms with van der Waals surface area (Å²) in [6.07, 6.45) is 2.33. The van der Waals surface area contributed by atoms with Crippen LogP contribution in [0.15, 0.2) is 20.2 Å². The van der Waals surface area contributed by atoms with Crippen LogP contribution in [-0.2, 0) is 20.1 Å². The lowest BCUT2D eigenvalue weighted by molar-refractivity contribution is 0.478. The second-order valence-corrected chi connectivity index (χ2v) is 4.78. The van der Waals surface area contributed by atoms with Gasteiger partial charge in [-0.1, -0.05) is 6.92 Å². The Kier molecular flexibility index (Phi) is 4.15. The van der Waals surface area contributed by atoms with Crippen LogP contribution in [0.1, 0.15) is 25.0 Å². The molecule has 0 saturated heterocycles. The van der Waals surface area contributed by atoms with Crippen LogP contribution in [0.2, 0.25) is 0 Å². The van der Waals surface area contributed by atoms with E-state index >= 15 is 0 Å². The van der Waals surface area contributed by atoms with Gasteiger partial charge in [0.1, 0.15) is 17.3 Å². The molecule has 0 aromatic carbocycles. The molecule has 8 heteroatoms. The molecule has 2 aromatic rings. The smallest absolute Gasteiger partial charge is 0.332 e. The Morgan fingerprint density at radius 1 is 1.43 bits per heavy atom. The fourth-order valence-corrected chi connectivity index (χ4v) is 2.04. The number of rotatable bonds is 5. The van der Waals surface area contributed by atoms with Crippen molar-refractivity contribution in [2.75, 3.05) is 11.1 Å². The van der Waals surface area contributed by atoms with Crippen molar-refractivity contribution in [2.45, 2.75) is 33.4 Å². The highest BCUT2D eigenvalue weighted by Crippen LogP contribution is 2.12. The third-order valence-electron chi connectivity index (χ3n) is 3.12. The highest BCUT2D eigenvalue weighted by atomic mass is 16.4. The summed E-state index contributed by atoms with van der Waals surface area (Å²) in [7, 11) is 1.43. The molecule has 21 heavy (non-hydrogen) atoms. The molecule has 0 aliphatic carbocycles. The number of nitrogens with one attached hydrogen (secondary N) is 1. The Balaban J connectivity index is 2.38. The van der Waals surface area contributed by atoms with Crippen LogP contribution in [0, 0.1) is 6.92 Å². The van der Waals surface area contributed by atoms with E-state index in [1.807, 2.05) is 6.92 Å². The van der Waals surface area contributed by atoms with Crippen LogP contribution in [0.25, 0.3) is 0 Å². The van der Waals surface area contributed by atoms with E-state index in [4.69, 9.17) is 10.2 Å². The van der Waals surface area contributed by atoms with Gasteiger partial charge in [-0.2, -0.15) is 0 Å². The van der Waals surface area contributed by atoms with E-state index in [1.54, 1.807) is 13.1 Å². The number of aromatic nitrogens is 3. The van der Waals surface area contributed by atoms with Gasteiger partial charge in [0.05, 0.1) is 12.7 Å². The molecule has 0 saturated carbocycles. The minimum absolute atomic E-state index is 0.133.